The van der Waals surface area contributed by atoms with Crippen molar-refractivity contribution in [1.29, 1.82) is 0 Å². The molecule has 2 nitrogen and oxygen atoms in total. The van der Waals surface area contributed by atoms with Gasteiger partial charge in [-0.3, -0.25) is 4.79 Å². The summed E-state index contributed by atoms with van der Waals surface area (Å²) in [5.41, 5.74) is -0.444. The van der Waals surface area contributed by atoms with Gasteiger partial charge in [-0.25, -0.2) is 0 Å². The van der Waals surface area contributed by atoms with Crippen molar-refractivity contribution in [1.82, 2.24) is 4.90 Å². The molecule has 1 aliphatic rings. The Morgan fingerprint density at radius 1 is 1.30 bits per heavy atom. The van der Waals surface area contributed by atoms with Gasteiger partial charge in [0, 0.05) is 24.5 Å². The van der Waals surface area contributed by atoms with Crippen LogP contribution in [0.15, 0.2) is 24.3 Å². The number of likely N-dealkylation sites (tertiary alicyclic amines) is 1. The van der Waals surface area contributed by atoms with Gasteiger partial charge in [0.15, 0.2) is 0 Å². The lowest BCUT2D eigenvalue weighted by atomic mass is 10.1. The highest BCUT2D eigenvalue weighted by Crippen LogP contribution is 2.29. The minimum absolute atomic E-state index is 0.212. The molecule has 0 radical (unpaired) electrons. The van der Waals surface area contributed by atoms with E-state index >= 15 is 0 Å². The third-order valence-corrected chi connectivity index (χ3v) is 3.77. The molecule has 1 atom stereocenters. The molecule has 1 aromatic rings. The van der Waals surface area contributed by atoms with Crippen LogP contribution in [0.3, 0.4) is 0 Å². The molecule has 0 spiro atoms. The number of carbonyl (C=O) groups is 1. The van der Waals surface area contributed by atoms with Crippen molar-refractivity contribution in [3.63, 3.8) is 0 Å². The molecule has 20 heavy (non-hydrogen) atoms. The highest BCUT2D eigenvalue weighted by atomic mass is 35.5. The van der Waals surface area contributed by atoms with Crippen molar-refractivity contribution in [3.8, 4) is 0 Å². The number of halogens is 4. The van der Waals surface area contributed by atoms with Gasteiger partial charge in [0.25, 0.3) is 5.91 Å². The monoisotopic (exact) mass is 305 g/mol. The van der Waals surface area contributed by atoms with Crippen LogP contribution in [-0.2, 0) is 6.18 Å². The van der Waals surface area contributed by atoms with Crippen LogP contribution in [-0.4, -0.2) is 29.8 Å². The quantitative estimate of drug-likeness (QED) is 0.778. The first-order valence-electron chi connectivity index (χ1n) is 6.44. The fourth-order valence-electron chi connectivity index (χ4n) is 2.39. The van der Waals surface area contributed by atoms with Crippen LogP contribution in [0.5, 0.6) is 0 Å². The summed E-state index contributed by atoms with van der Waals surface area (Å²) >= 11 is 5.68. The van der Waals surface area contributed by atoms with Crippen molar-refractivity contribution < 1.29 is 18.0 Å². The van der Waals surface area contributed by atoms with Gasteiger partial charge in [0.2, 0.25) is 0 Å². The minimum Gasteiger partial charge on any atom is -0.338 e. The molecule has 1 unspecified atom stereocenters. The van der Waals surface area contributed by atoms with E-state index in [4.69, 9.17) is 11.6 Å². The Morgan fingerprint density at radius 2 is 1.95 bits per heavy atom. The number of alkyl halides is 4. The third kappa shape index (κ3) is 3.45. The van der Waals surface area contributed by atoms with Gasteiger partial charge < -0.3 is 4.90 Å². The van der Waals surface area contributed by atoms with Crippen molar-refractivity contribution in [2.24, 2.45) is 5.92 Å². The molecule has 0 aromatic heterocycles. The average molecular weight is 306 g/mol. The fraction of sp³-hybridized carbons (Fsp3) is 0.500. The van der Waals surface area contributed by atoms with Crippen LogP contribution in [0.25, 0.3) is 0 Å². The second-order valence-corrected chi connectivity index (χ2v) is 5.34. The van der Waals surface area contributed by atoms with Gasteiger partial charge in [-0.1, -0.05) is 0 Å². The summed E-state index contributed by atoms with van der Waals surface area (Å²) in [4.78, 5) is 13.8. The van der Waals surface area contributed by atoms with Crippen molar-refractivity contribution in [2.45, 2.75) is 19.0 Å². The Bertz CT molecular complexity index is 472. The molecule has 1 amide bonds. The summed E-state index contributed by atoms with van der Waals surface area (Å²) < 4.78 is 37.3. The molecule has 0 bridgehead atoms. The zero-order valence-electron chi connectivity index (χ0n) is 10.8. The minimum atomic E-state index is -4.37. The Kier molecular flexibility index (Phi) is 4.58. The van der Waals surface area contributed by atoms with Gasteiger partial charge in [0.05, 0.1) is 5.56 Å². The van der Waals surface area contributed by atoms with E-state index in [1.807, 2.05) is 0 Å². The molecular formula is C14H15ClF3NO. The van der Waals surface area contributed by atoms with E-state index in [0.717, 1.165) is 25.0 Å². The average Bonchev–Trinajstić information content (AvgIpc) is 2.86. The number of carbonyl (C=O) groups excluding carboxylic acids is 1. The number of benzene rings is 1. The van der Waals surface area contributed by atoms with Crippen LogP contribution in [0.2, 0.25) is 0 Å². The molecule has 0 saturated carbocycles. The second-order valence-electron chi connectivity index (χ2n) is 4.96. The first-order valence-corrected chi connectivity index (χ1v) is 6.98. The smallest absolute Gasteiger partial charge is 0.338 e. The van der Waals surface area contributed by atoms with E-state index in [0.29, 0.717) is 30.5 Å². The third-order valence-electron chi connectivity index (χ3n) is 3.55. The van der Waals surface area contributed by atoms with Crippen LogP contribution in [0.4, 0.5) is 13.2 Å². The largest absolute Gasteiger partial charge is 0.416 e. The summed E-state index contributed by atoms with van der Waals surface area (Å²) in [6.45, 7) is 1.27. The Morgan fingerprint density at radius 3 is 2.50 bits per heavy atom. The first-order chi connectivity index (χ1) is 9.41. The molecule has 1 saturated heterocycles. The van der Waals surface area contributed by atoms with E-state index < -0.39 is 11.7 Å². The summed E-state index contributed by atoms with van der Waals surface area (Å²) in [5, 5.41) is 0. The standard InChI is InChI=1S/C14H15ClF3NO/c15-7-5-10-6-8-19(9-10)13(20)11-1-3-12(4-2-11)14(16,17)18/h1-4,10H,5-9H2. The van der Waals surface area contributed by atoms with Gasteiger partial charge in [-0.15, -0.1) is 11.6 Å². The maximum Gasteiger partial charge on any atom is 0.416 e. The topological polar surface area (TPSA) is 20.3 Å². The van der Waals surface area contributed by atoms with Crippen LogP contribution in [0, 0.1) is 5.92 Å². The van der Waals surface area contributed by atoms with Gasteiger partial charge >= 0.3 is 6.18 Å². The second kappa shape index (κ2) is 6.04. The summed E-state index contributed by atoms with van der Waals surface area (Å²) in [7, 11) is 0. The van der Waals surface area contributed by atoms with E-state index in [1.54, 1.807) is 4.90 Å². The van der Waals surface area contributed by atoms with E-state index in [9.17, 15) is 18.0 Å². The Hall–Kier alpha value is -1.23. The number of amides is 1. The lowest BCUT2D eigenvalue weighted by molar-refractivity contribution is -0.137. The fourth-order valence-corrected chi connectivity index (χ4v) is 2.70. The van der Waals surface area contributed by atoms with Crippen LogP contribution < -0.4 is 0 Å². The zero-order valence-corrected chi connectivity index (χ0v) is 11.5. The zero-order chi connectivity index (χ0) is 14.8. The molecule has 2 rings (SSSR count). The Balaban J connectivity index is 2.03. The lowest BCUT2D eigenvalue weighted by Crippen LogP contribution is -2.28. The molecular weight excluding hydrogens is 291 g/mol. The summed E-state index contributed by atoms with van der Waals surface area (Å²) in [6.07, 6.45) is -2.61. The maximum absolute atomic E-state index is 12.4. The number of hydrogen-bond acceptors (Lipinski definition) is 1. The number of hydrogen-bond donors (Lipinski definition) is 0. The van der Waals surface area contributed by atoms with Gasteiger partial charge in [-0.05, 0) is 43.0 Å². The van der Waals surface area contributed by atoms with E-state index in [-0.39, 0.29) is 5.91 Å². The SMILES string of the molecule is O=C(c1ccc(C(F)(F)F)cc1)N1CCC(CCCl)C1. The number of rotatable bonds is 3. The Labute approximate surface area is 120 Å². The first kappa shape index (κ1) is 15.2. The van der Waals surface area contributed by atoms with E-state index in [2.05, 4.69) is 0 Å². The van der Waals surface area contributed by atoms with E-state index in [1.165, 1.54) is 12.1 Å². The summed E-state index contributed by atoms with van der Waals surface area (Å²) in [5.74, 6) is 0.745. The molecule has 110 valence electrons. The predicted octanol–water partition coefficient (Wildman–Crippen LogP) is 3.80. The lowest BCUT2D eigenvalue weighted by Gasteiger charge is -2.17. The van der Waals surface area contributed by atoms with Crippen LogP contribution in [0.1, 0.15) is 28.8 Å². The van der Waals surface area contributed by atoms with Crippen molar-refractivity contribution in [2.75, 3.05) is 19.0 Å². The maximum atomic E-state index is 12.4. The highest BCUT2D eigenvalue weighted by molar-refractivity contribution is 6.17. The molecule has 1 fully saturated rings. The van der Waals surface area contributed by atoms with Crippen molar-refractivity contribution in [3.05, 3.63) is 35.4 Å². The number of nitrogens with zero attached hydrogens (tertiary/aromatic N) is 1. The molecule has 0 aliphatic carbocycles. The predicted molar refractivity (Wildman–Crippen MR) is 70.8 cm³/mol. The molecule has 1 heterocycles. The normalized spacial score (nSPS) is 19.4. The van der Waals surface area contributed by atoms with Gasteiger partial charge in [-0.2, -0.15) is 13.2 Å². The molecule has 1 aromatic carbocycles. The van der Waals surface area contributed by atoms with Crippen molar-refractivity contribution >= 4 is 17.5 Å². The molecule has 0 N–H and O–H groups in total. The highest BCUT2D eigenvalue weighted by Gasteiger charge is 2.31. The molecule has 1 aliphatic heterocycles. The molecule has 6 heteroatoms. The van der Waals surface area contributed by atoms with Gasteiger partial charge in [0.1, 0.15) is 0 Å². The van der Waals surface area contributed by atoms with Crippen LogP contribution >= 0.6 is 11.6 Å². The summed E-state index contributed by atoms with van der Waals surface area (Å²) in [6, 6.07) is 4.36.